The van der Waals surface area contributed by atoms with Gasteiger partial charge >= 0.3 is 0 Å². The molecule has 3 aromatic heterocycles. The van der Waals surface area contributed by atoms with Crippen LogP contribution in [0.25, 0.3) is 22.3 Å². The van der Waals surface area contributed by atoms with E-state index in [0.29, 0.717) is 18.9 Å². The Balaban J connectivity index is 1.70. The Morgan fingerprint density at radius 2 is 1.83 bits per heavy atom. The van der Waals surface area contributed by atoms with Gasteiger partial charge in [-0.05, 0) is 57.5 Å². The first-order valence-electron chi connectivity index (χ1n) is 11.6. The Hall–Kier alpha value is -3.79. The van der Waals surface area contributed by atoms with Gasteiger partial charge in [0.15, 0.2) is 5.52 Å². The van der Waals surface area contributed by atoms with Crippen molar-refractivity contribution in [2.45, 2.75) is 39.4 Å². The molecule has 0 amide bonds. The topological polar surface area (TPSA) is 86.0 Å². The molecule has 0 saturated carbocycles. The van der Waals surface area contributed by atoms with Crippen LogP contribution in [0.3, 0.4) is 0 Å². The first kappa shape index (κ1) is 23.9. The summed E-state index contributed by atoms with van der Waals surface area (Å²) in [5.74, 6) is -0.835. The zero-order valence-corrected chi connectivity index (χ0v) is 20.7. The summed E-state index contributed by atoms with van der Waals surface area (Å²) in [7, 11) is 1.60. The van der Waals surface area contributed by atoms with Gasteiger partial charge in [0.05, 0.1) is 12.1 Å². The number of morpholine rings is 1. The zero-order valence-electron chi connectivity index (χ0n) is 20.7. The molecule has 1 aromatic carbocycles. The molecule has 1 fully saturated rings. The number of fused-ring (bicyclic) bond motifs is 1. The van der Waals surface area contributed by atoms with E-state index >= 15 is 0 Å². The molecule has 1 atom stereocenters. The van der Waals surface area contributed by atoms with Gasteiger partial charge in [-0.25, -0.2) is 23.7 Å². The van der Waals surface area contributed by atoms with Crippen molar-refractivity contribution in [3.8, 4) is 11.3 Å². The van der Waals surface area contributed by atoms with Gasteiger partial charge in [0.2, 0.25) is 5.95 Å². The van der Waals surface area contributed by atoms with E-state index < -0.39 is 17.2 Å². The van der Waals surface area contributed by atoms with Crippen molar-refractivity contribution in [1.82, 2.24) is 24.5 Å². The predicted molar refractivity (Wildman–Crippen MR) is 132 cm³/mol. The van der Waals surface area contributed by atoms with E-state index in [9.17, 15) is 13.6 Å². The van der Waals surface area contributed by atoms with Gasteiger partial charge < -0.3 is 9.64 Å². The summed E-state index contributed by atoms with van der Waals surface area (Å²) < 4.78 is 36.3. The number of benzene rings is 1. The number of nitrogens with zero attached hydrogens (tertiary/aromatic N) is 6. The van der Waals surface area contributed by atoms with Crippen molar-refractivity contribution in [1.29, 1.82) is 0 Å². The Labute approximate surface area is 206 Å². The monoisotopic (exact) mass is 492 g/mol. The van der Waals surface area contributed by atoms with E-state index in [1.165, 1.54) is 10.6 Å². The van der Waals surface area contributed by atoms with Gasteiger partial charge in [-0.2, -0.15) is 0 Å². The maximum absolute atomic E-state index is 14.9. The molecule has 0 spiro atoms. The lowest BCUT2D eigenvalue weighted by atomic mass is 10.0. The molecular formula is C26H26F2N6O2. The Bertz CT molecular complexity index is 1550. The first-order valence-corrected chi connectivity index (χ1v) is 11.6. The molecule has 10 heteroatoms. The first-order chi connectivity index (χ1) is 17.0. The zero-order chi connectivity index (χ0) is 25.8. The van der Waals surface area contributed by atoms with Crippen molar-refractivity contribution >= 4 is 17.0 Å². The minimum absolute atomic E-state index is 0.0408. The lowest BCUT2D eigenvalue weighted by Crippen LogP contribution is -2.50. The fourth-order valence-corrected chi connectivity index (χ4v) is 4.53. The largest absolute Gasteiger partial charge is 0.364 e. The summed E-state index contributed by atoms with van der Waals surface area (Å²) in [6.45, 7) is 8.35. The summed E-state index contributed by atoms with van der Waals surface area (Å²) in [5.41, 5.74) is 1.28. The third kappa shape index (κ3) is 4.32. The summed E-state index contributed by atoms with van der Waals surface area (Å²) >= 11 is 0. The van der Waals surface area contributed by atoms with Gasteiger partial charge in [-0.1, -0.05) is 0 Å². The van der Waals surface area contributed by atoms with Crippen LogP contribution < -0.4 is 10.5 Å². The van der Waals surface area contributed by atoms with Crippen LogP contribution in [0.15, 0.2) is 41.3 Å². The standard InChI is InChI=1S/C26H26F2N6O2/c1-14-10-16(8-9-29-14)20-12-34(13-26(3,4)36-20)25-31-21(18-7-6-17(27)11-19(18)28)22-23(32-25)24(35)33(5)15(2)30-22/h6-11,20H,12-13H2,1-5H3/t20-/m0/s1. The lowest BCUT2D eigenvalue weighted by Gasteiger charge is -2.43. The average molecular weight is 493 g/mol. The number of hydrogen-bond acceptors (Lipinski definition) is 7. The van der Waals surface area contributed by atoms with Gasteiger partial charge in [0.25, 0.3) is 5.56 Å². The Morgan fingerprint density at radius 3 is 2.56 bits per heavy atom. The Kier molecular flexibility index (Phi) is 5.78. The van der Waals surface area contributed by atoms with Crippen molar-refractivity contribution in [3.63, 3.8) is 0 Å². The summed E-state index contributed by atoms with van der Waals surface area (Å²) in [5, 5.41) is 0. The van der Waals surface area contributed by atoms with E-state index in [-0.39, 0.29) is 39.9 Å². The molecule has 1 aliphatic rings. The SMILES string of the molecule is Cc1cc([C@@H]2CN(c3nc(-c4ccc(F)cc4F)c4nc(C)n(C)c(=O)c4n3)CC(C)(C)O2)ccn1. The summed E-state index contributed by atoms with van der Waals surface area (Å²) in [6, 6.07) is 7.11. The number of ether oxygens (including phenoxy) is 1. The fourth-order valence-electron chi connectivity index (χ4n) is 4.53. The van der Waals surface area contributed by atoms with Gasteiger partial charge in [0, 0.05) is 37.1 Å². The van der Waals surface area contributed by atoms with Crippen LogP contribution in [0.4, 0.5) is 14.7 Å². The number of rotatable bonds is 3. The minimum Gasteiger partial charge on any atom is -0.364 e. The molecule has 0 radical (unpaired) electrons. The molecule has 8 nitrogen and oxygen atoms in total. The van der Waals surface area contributed by atoms with Crippen LogP contribution >= 0.6 is 0 Å². The van der Waals surface area contributed by atoms with Crippen LogP contribution in [0.2, 0.25) is 0 Å². The number of halogens is 2. The van der Waals surface area contributed by atoms with E-state index in [2.05, 4.69) is 19.9 Å². The molecule has 1 saturated heterocycles. The van der Waals surface area contributed by atoms with Crippen molar-refractivity contribution in [3.05, 3.63) is 75.6 Å². The molecule has 0 bridgehead atoms. The van der Waals surface area contributed by atoms with Crippen LogP contribution in [0.1, 0.15) is 37.0 Å². The lowest BCUT2D eigenvalue weighted by molar-refractivity contribution is -0.0859. The molecule has 0 aliphatic carbocycles. The Morgan fingerprint density at radius 1 is 1.06 bits per heavy atom. The smallest absolute Gasteiger partial charge is 0.279 e. The molecule has 36 heavy (non-hydrogen) atoms. The molecule has 186 valence electrons. The summed E-state index contributed by atoms with van der Waals surface area (Å²) in [6.07, 6.45) is 1.43. The van der Waals surface area contributed by atoms with E-state index in [4.69, 9.17) is 4.74 Å². The van der Waals surface area contributed by atoms with Gasteiger partial charge in [-0.3, -0.25) is 14.3 Å². The van der Waals surface area contributed by atoms with E-state index in [1.54, 1.807) is 20.2 Å². The third-order valence-electron chi connectivity index (χ3n) is 6.32. The maximum Gasteiger partial charge on any atom is 0.279 e. The number of hydrogen-bond donors (Lipinski definition) is 0. The highest BCUT2D eigenvalue weighted by atomic mass is 19.1. The van der Waals surface area contributed by atoms with Crippen LogP contribution in [0.5, 0.6) is 0 Å². The minimum atomic E-state index is -0.798. The molecule has 0 N–H and O–H groups in total. The molecule has 4 heterocycles. The number of aryl methyl sites for hydroxylation is 2. The van der Waals surface area contributed by atoms with Crippen molar-refractivity contribution < 1.29 is 13.5 Å². The average Bonchev–Trinajstić information content (AvgIpc) is 2.81. The normalized spacial score (nSPS) is 17.5. The van der Waals surface area contributed by atoms with Gasteiger partial charge in [-0.15, -0.1) is 0 Å². The molecule has 5 rings (SSSR count). The second kappa shape index (κ2) is 8.70. The molecule has 1 aliphatic heterocycles. The van der Waals surface area contributed by atoms with Crippen LogP contribution in [-0.2, 0) is 11.8 Å². The second-order valence-corrected chi connectivity index (χ2v) is 9.69. The fraction of sp³-hybridized carbons (Fsp3) is 0.346. The van der Waals surface area contributed by atoms with Crippen molar-refractivity contribution in [2.75, 3.05) is 18.0 Å². The highest BCUT2D eigenvalue weighted by Gasteiger charge is 2.36. The van der Waals surface area contributed by atoms with E-state index in [1.807, 2.05) is 37.8 Å². The molecule has 4 aromatic rings. The number of anilines is 1. The molecule has 0 unspecified atom stereocenters. The number of pyridine rings is 1. The van der Waals surface area contributed by atoms with Gasteiger partial charge in [0.1, 0.15) is 34.8 Å². The quantitative estimate of drug-likeness (QED) is 0.427. The third-order valence-corrected chi connectivity index (χ3v) is 6.32. The van der Waals surface area contributed by atoms with Crippen molar-refractivity contribution in [2.24, 2.45) is 7.05 Å². The highest BCUT2D eigenvalue weighted by Crippen LogP contribution is 2.34. The molecular weight excluding hydrogens is 466 g/mol. The predicted octanol–water partition coefficient (Wildman–Crippen LogP) is 4.04. The maximum atomic E-state index is 14.9. The van der Waals surface area contributed by atoms with Crippen LogP contribution in [-0.4, -0.2) is 43.2 Å². The van der Waals surface area contributed by atoms with E-state index in [0.717, 1.165) is 23.4 Å². The summed E-state index contributed by atoms with van der Waals surface area (Å²) in [4.78, 5) is 33.1. The highest BCUT2D eigenvalue weighted by molar-refractivity contribution is 5.89. The number of aromatic nitrogens is 5. The van der Waals surface area contributed by atoms with Crippen LogP contribution in [0, 0.1) is 25.5 Å². The second-order valence-electron chi connectivity index (χ2n) is 9.69.